The summed E-state index contributed by atoms with van der Waals surface area (Å²) in [6, 6.07) is 6.45. The largest absolute Gasteiger partial charge is 0.357 e. The first-order valence-corrected chi connectivity index (χ1v) is 10.8. The molecule has 1 aromatic rings. The second-order valence-electron chi connectivity index (χ2n) is 7.52. The Morgan fingerprint density at radius 1 is 1.33 bits per heavy atom. The highest BCUT2D eigenvalue weighted by atomic mass is 127. The maximum absolute atomic E-state index is 12.2. The third-order valence-electron chi connectivity index (χ3n) is 4.38. The van der Waals surface area contributed by atoms with Crippen molar-refractivity contribution in [2.75, 3.05) is 36.8 Å². The van der Waals surface area contributed by atoms with Crippen molar-refractivity contribution in [3.05, 3.63) is 24.4 Å². The highest BCUT2D eigenvalue weighted by Crippen LogP contribution is 2.17. The van der Waals surface area contributed by atoms with Crippen molar-refractivity contribution in [2.24, 2.45) is 4.99 Å². The Kier molecular flexibility index (Phi) is 10.6. The van der Waals surface area contributed by atoms with E-state index in [1.54, 1.807) is 0 Å². The Bertz CT molecular complexity index is 598. The standard InChI is InChI=1S/C19H33N5OS.HI/c1-5-20-18(22-12-15-26(25)19(2,3)4)23-16-9-13-24(14-10-16)17-8-6-7-11-21-17;/h6-8,11,16H,5,9-10,12-15H2,1-4H3,(H2,20,22,23);1H. The fourth-order valence-electron chi connectivity index (χ4n) is 2.85. The van der Waals surface area contributed by atoms with Gasteiger partial charge < -0.3 is 15.5 Å². The first kappa shape index (κ1) is 24.1. The van der Waals surface area contributed by atoms with Gasteiger partial charge in [0.05, 0.1) is 6.54 Å². The fraction of sp³-hybridized carbons (Fsp3) is 0.684. The Labute approximate surface area is 183 Å². The molecule has 6 nitrogen and oxygen atoms in total. The lowest BCUT2D eigenvalue weighted by Crippen LogP contribution is -2.49. The van der Waals surface area contributed by atoms with Crippen LogP contribution in [0.25, 0.3) is 0 Å². The molecule has 1 aliphatic heterocycles. The average molecular weight is 507 g/mol. The zero-order valence-corrected chi connectivity index (χ0v) is 20.0. The van der Waals surface area contributed by atoms with Gasteiger partial charge in [0.25, 0.3) is 0 Å². The first-order valence-electron chi connectivity index (χ1n) is 9.49. The number of nitrogens with one attached hydrogen (secondary N) is 2. The Hall–Kier alpha value is -0.900. The predicted molar refractivity (Wildman–Crippen MR) is 127 cm³/mol. The molecule has 2 heterocycles. The number of guanidine groups is 1. The van der Waals surface area contributed by atoms with Gasteiger partial charge in [0.1, 0.15) is 5.82 Å². The van der Waals surface area contributed by atoms with E-state index in [-0.39, 0.29) is 28.7 Å². The van der Waals surface area contributed by atoms with Crippen LogP contribution in [0.4, 0.5) is 5.82 Å². The topological polar surface area (TPSA) is 69.6 Å². The smallest absolute Gasteiger partial charge is 0.191 e. The average Bonchev–Trinajstić information content (AvgIpc) is 2.62. The summed E-state index contributed by atoms with van der Waals surface area (Å²) in [7, 11) is -0.867. The summed E-state index contributed by atoms with van der Waals surface area (Å²) < 4.78 is 12.0. The molecule has 0 aliphatic carbocycles. The lowest BCUT2D eigenvalue weighted by Gasteiger charge is -2.33. The highest BCUT2D eigenvalue weighted by Gasteiger charge is 2.21. The zero-order valence-electron chi connectivity index (χ0n) is 16.9. The van der Waals surface area contributed by atoms with Crippen LogP contribution in [0.15, 0.2) is 29.4 Å². The number of nitrogens with zero attached hydrogens (tertiary/aromatic N) is 3. The van der Waals surface area contributed by atoms with Gasteiger partial charge >= 0.3 is 0 Å². The van der Waals surface area contributed by atoms with Crippen molar-refractivity contribution in [3.63, 3.8) is 0 Å². The molecule has 2 rings (SSSR count). The summed E-state index contributed by atoms with van der Waals surface area (Å²) in [6.45, 7) is 11.5. The van der Waals surface area contributed by atoms with Gasteiger partial charge in [-0.05, 0) is 52.7 Å². The van der Waals surface area contributed by atoms with Crippen LogP contribution in [0.3, 0.4) is 0 Å². The number of aliphatic imine (C=N–C) groups is 1. The minimum absolute atomic E-state index is 0. The van der Waals surface area contributed by atoms with Gasteiger partial charge in [-0.3, -0.25) is 9.20 Å². The van der Waals surface area contributed by atoms with E-state index in [1.165, 1.54) is 0 Å². The van der Waals surface area contributed by atoms with E-state index >= 15 is 0 Å². The number of hydrogen-bond acceptors (Lipinski definition) is 4. The summed E-state index contributed by atoms with van der Waals surface area (Å²) in [5.41, 5.74) is 0. The quantitative estimate of drug-likeness (QED) is 0.352. The van der Waals surface area contributed by atoms with Gasteiger partial charge in [0, 0.05) is 53.2 Å². The van der Waals surface area contributed by atoms with Crippen LogP contribution in [-0.4, -0.2) is 57.9 Å². The third-order valence-corrected chi connectivity index (χ3v) is 6.30. The molecule has 1 saturated heterocycles. The van der Waals surface area contributed by atoms with Crippen molar-refractivity contribution in [3.8, 4) is 0 Å². The fourth-order valence-corrected chi connectivity index (χ4v) is 3.72. The maximum Gasteiger partial charge on any atom is 0.191 e. The van der Waals surface area contributed by atoms with E-state index in [2.05, 4.69) is 38.5 Å². The number of pyridine rings is 1. The minimum Gasteiger partial charge on any atom is -0.357 e. The zero-order chi connectivity index (χ0) is 19.0. The first-order chi connectivity index (χ1) is 12.4. The monoisotopic (exact) mass is 507 g/mol. The van der Waals surface area contributed by atoms with Crippen LogP contribution in [0.2, 0.25) is 0 Å². The molecule has 1 atom stereocenters. The van der Waals surface area contributed by atoms with Crippen LogP contribution in [0.5, 0.6) is 0 Å². The molecule has 0 aromatic carbocycles. The molecule has 0 saturated carbocycles. The molecule has 0 amide bonds. The van der Waals surface area contributed by atoms with Crippen LogP contribution in [0.1, 0.15) is 40.5 Å². The van der Waals surface area contributed by atoms with Gasteiger partial charge in [0.15, 0.2) is 5.96 Å². The summed E-state index contributed by atoms with van der Waals surface area (Å²) in [5.74, 6) is 2.48. The molecule has 154 valence electrons. The Morgan fingerprint density at radius 3 is 2.59 bits per heavy atom. The van der Waals surface area contributed by atoms with Crippen LogP contribution < -0.4 is 15.5 Å². The van der Waals surface area contributed by atoms with E-state index in [1.807, 2.05) is 39.1 Å². The van der Waals surface area contributed by atoms with Gasteiger partial charge in [-0.15, -0.1) is 24.0 Å². The number of rotatable bonds is 6. The molecule has 1 aliphatic rings. The van der Waals surface area contributed by atoms with Crippen LogP contribution in [-0.2, 0) is 10.8 Å². The van der Waals surface area contributed by atoms with E-state index in [0.717, 1.165) is 44.3 Å². The molecule has 1 aromatic heterocycles. The second kappa shape index (κ2) is 11.8. The molecule has 2 N–H and O–H groups in total. The van der Waals surface area contributed by atoms with Crippen molar-refractivity contribution in [1.29, 1.82) is 0 Å². The van der Waals surface area contributed by atoms with Gasteiger partial charge in [-0.2, -0.15) is 0 Å². The minimum atomic E-state index is -0.867. The lowest BCUT2D eigenvalue weighted by molar-refractivity contribution is 0.460. The van der Waals surface area contributed by atoms with E-state index < -0.39 is 10.8 Å². The summed E-state index contributed by atoms with van der Waals surface area (Å²) in [4.78, 5) is 11.4. The number of anilines is 1. The lowest BCUT2D eigenvalue weighted by atomic mass is 10.1. The second-order valence-corrected chi connectivity index (χ2v) is 9.84. The maximum atomic E-state index is 12.2. The normalized spacial score (nSPS) is 17.2. The summed E-state index contributed by atoms with van der Waals surface area (Å²) in [5, 5.41) is 6.83. The number of piperidine rings is 1. The highest BCUT2D eigenvalue weighted by molar-refractivity contribution is 14.0. The summed E-state index contributed by atoms with van der Waals surface area (Å²) in [6.07, 6.45) is 3.95. The van der Waals surface area contributed by atoms with Crippen molar-refractivity contribution < 1.29 is 4.21 Å². The van der Waals surface area contributed by atoms with E-state index in [9.17, 15) is 4.21 Å². The Balaban J connectivity index is 0.00000364. The third kappa shape index (κ3) is 8.33. The van der Waals surface area contributed by atoms with Crippen molar-refractivity contribution >= 4 is 46.6 Å². The van der Waals surface area contributed by atoms with Crippen LogP contribution >= 0.6 is 24.0 Å². The molecular formula is C19H34IN5OS. The molecule has 8 heteroatoms. The van der Waals surface area contributed by atoms with Gasteiger partial charge in [-0.1, -0.05) is 6.07 Å². The molecule has 1 fully saturated rings. The molecule has 0 spiro atoms. The van der Waals surface area contributed by atoms with Crippen molar-refractivity contribution in [1.82, 2.24) is 15.6 Å². The molecule has 0 radical (unpaired) electrons. The molecule has 1 unspecified atom stereocenters. The van der Waals surface area contributed by atoms with Crippen molar-refractivity contribution in [2.45, 2.75) is 51.3 Å². The SMILES string of the molecule is CCNC(=NCCS(=O)C(C)(C)C)NC1CCN(c2ccccn2)CC1.I. The van der Waals surface area contributed by atoms with Crippen LogP contribution in [0, 0.1) is 0 Å². The summed E-state index contributed by atoms with van der Waals surface area (Å²) >= 11 is 0. The number of aromatic nitrogens is 1. The molecule has 27 heavy (non-hydrogen) atoms. The van der Waals surface area contributed by atoms with E-state index in [4.69, 9.17) is 0 Å². The molecular weight excluding hydrogens is 473 g/mol. The van der Waals surface area contributed by atoms with Gasteiger partial charge in [-0.25, -0.2) is 4.98 Å². The predicted octanol–water partition coefficient (Wildman–Crippen LogP) is 2.77. The van der Waals surface area contributed by atoms with E-state index in [0.29, 0.717) is 18.3 Å². The van der Waals surface area contributed by atoms with Gasteiger partial charge in [0.2, 0.25) is 0 Å². The number of hydrogen-bond donors (Lipinski definition) is 2. The number of halogens is 1. The Morgan fingerprint density at radius 2 is 2.04 bits per heavy atom. The molecule has 0 bridgehead atoms.